The van der Waals surface area contributed by atoms with Gasteiger partial charge in [0.15, 0.2) is 6.61 Å². The molecule has 2 rings (SSSR count). The molecule has 0 unspecified atom stereocenters. The van der Waals surface area contributed by atoms with Crippen LogP contribution in [0, 0.1) is 20.8 Å². The number of carbonyl (C=O) groups excluding carboxylic acids is 1. The molecule has 0 aromatic heterocycles. The summed E-state index contributed by atoms with van der Waals surface area (Å²) in [5.41, 5.74) is 10.1. The first kappa shape index (κ1) is 17.0. The number of hydrogen-bond donors (Lipinski definition) is 2. The third-order valence-electron chi connectivity index (χ3n) is 3.65. The highest BCUT2D eigenvalue weighted by molar-refractivity contribution is 7.80. The summed E-state index contributed by atoms with van der Waals surface area (Å²) < 4.78 is 5.70. The molecule has 0 fully saturated rings. The Balaban J connectivity index is 2.02. The van der Waals surface area contributed by atoms with E-state index in [1.165, 1.54) is 0 Å². The summed E-state index contributed by atoms with van der Waals surface area (Å²) in [6, 6.07) is 11.1. The number of nitrogens with two attached hydrogens (primary N) is 1. The Labute approximate surface area is 141 Å². The second-order valence-corrected chi connectivity index (χ2v) is 5.88. The summed E-state index contributed by atoms with van der Waals surface area (Å²) in [4.78, 5) is 12.4. The largest absolute Gasteiger partial charge is 0.483 e. The third kappa shape index (κ3) is 4.29. The number of anilines is 1. The number of nitrogens with one attached hydrogen (secondary N) is 1. The van der Waals surface area contributed by atoms with Crippen LogP contribution >= 0.6 is 12.2 Å². The lowest BCUT2D eigenvalue weighted by molar-refractivity contribution is -0.118. The maximum Gasteiger partial charge on any atom is 0.262 e. The molecule has 0 spiro atoms. The van der Waals surface area contributed by atoms with E-state index in [0.29, 0.717) is 16.2 Å². The van der Waals surface area contributed by atoms with Gasteiger partial charge in [0.05, 0.1) is 0 Å². The topological polar surface area (TPSA) is 64.3 Å². The molecule has 0 aliphatic heterocycles. The summed E-state index contributed by atoms with van der Waals surface area (Å²) >= 11 is 4.93. The first-order valence-electron chi connectivity index (χ1n) is 7.28. The second-order valence-electron chi connectivity index (χ2n) is 5.44. The molecule has 2 aromatic carbocycles. The standard InChI is InChI=1S/C18H20N2O2S/c1-11-7-8-12(2)17(13(11)3)22-10-16(21)20-15-6-4-5-14(9-15)18(19)23/h4-9H,10H2,1-3H3,(H2,19,23)(H,20,21). The van der Waals surface area contributed by atoms with Crippen LogP contribution in [0.25, 0.3) is 0 Å². The van der Waals surface area contributed by atoms with Gasteiger partial charge in [-0.2, -0.15) is 0 Å². The first-order chi connectivity index (χ1) is 10.9. The van der Waals surface area contributed by atoms with E-state index in [4.69, 9.17) is 22.7 Å². The highest BCUT2D eigenvalue weighted by atomic mass is 32.1. The number of hydrogen-bond acceptors (Lipinski definition) is 3. The van der Waals surface area contributed by atoms with E-state index >= 15 is 0 Å². The van der Waals surface area contributed by atoms with Gasteiger partial charge in [0, 0.05) is 11.3 Å². The molecule has 0 radical (unpaired) electrons. The summed E-state index contributed by atoms with van der Waals surface area (Å²) in [5.74, 6) is 0.530. The molecule has 0 saturated carbocycles. The fourth-order valence-electron chi connectivity index (χ4n) is 2.23. The fourth-order valence-corrected chi connectivity index (χ4v) is 2.36. The van der Waals surface area contributed by atoms with Crippen LogP contribution in [-0.4, -0.2) is 17.5 Å². The number of ether oxygens (including phenoxy) is 1. The van der Waals surface area contributed by atoms with E-state index in [9.17, 15) is 4.79 Å². The molecule has 0 atom stereocenters. The summed E-state index contributed by atoms with van der Waals surface area (Å²) in [6.45, 7) is 5.91. The Morgan fingerprint density at radius 3 is 2.57 bits per heavy atom. The van der Waals surface area contributed by atoms with Crippen LogP contribution < -0.4 is 15.8 Å². The predicted molar refractivity (Wildman–Crippen MR) is 97.1 cm³/mol. The number of carbonyl (C=O) groups is 1. The van der Waals surface area contributed by atoms with Gasteiger partial charge < -0.3 is 15.8 Å². The van der Waals surface area contributed by atoms with Crippen molar-refractivity contribution in [2.45, 2.75) is 20.8 Å². The normalized spacial score (nSPS) is 10.2. The van der Waals surface area contributed by atoms with Crippen LogP contribution in [0.15, 0.2) is 36.4 Å². The van der Waals surface area contributed by atoms with Crippen molar-refractivity contribution < 1.29 is 9.53 Å². The van der Waals surface area contributed by atoms with Gasteiger partial charge >= 0.3 is 0 Å². The molecule has 23 heavy (non-hydrogen) atoms. The number of benzene rings is 2. The zero-order valence-electron chi connectivity index (χ0n) is 13.5. The third-order valence-corrected chi connectivity index (χ3v) is 3.89. The molecule has 0 heterocycles. The molecule has 3 N–H and O–H groups in total. The van der Waals surface area contributed by atoms with Gasteiger partial charge in [0.25, 0.3) is 5.91 Å². The summed E-state index contributed by atoms with van der Waals surface area (Å²) in [5, 5.41) is 2.78. The Kier molecular flexibility index (Phi) is 5.34. The lowest BCUT2D eigenvalue weighted by atomic mass is 10.1. The van der Waals surface area contributed by atoms with E-state index in [1.54, 1.807) is 24.3 Å². The van der Waals surface area contributed by atoms with E-state index in [-0.39, 0.29) is 12.5 Å². The molecule has 120 valence electrons. The Morgan fingerprint density at radius 2 is 1.87 bits per heavy atom. The molecular weight excluding hydrogens is 308 g/mol. The fraction of sp³-hybridized carbons (Fsp3) is 0.222. The van der Waals surface area contributed by atoms with Crippen molar-refractivity contribution in [3.63, 3.8) is 0 Å². The minimum Gasteiger partial charge on any atom is -0.483 e. The molecule has 0 aliphatic carbocycles. The predicted octanol–water partition coefficient (Wildman–Crippen LogP) is 3.26. The molecule has 5 heteroatoms. The Morgan fingerprint density at radius 1 is 1.17 bits per heavy atom. The van der Waals surface area contributed by atoms with Crippen molar-refractivity contribution in [3.05, 3.63) is 58.7 Å². The molecule has 2 aromatic rings. The zero-order chi connectivity index (χ0) is 17.0. The van der Waals surface area contributed by atoms with Crippen molar-refractivity contribution in [1.82, 2.24) is 0 Å². The average molecular weight is 328 g/mol. The van der Waals surface area contributed by atoms with Gasteiger partial charge in [-0.15, -0.1) is 0 Å². The van der Waals surface area contributed by atoms with Gasteiger partial charge in [-0.25, -0.2) is 0 Å². The minimum atomic E-state index is -0.231. The first-order valence-corrected chi connectivity index (χ1v) is 7.68. The molecule has 4 nitrogen and oxygen atoms in total. The number of aryl methyl sites for hydroxylation is 2. The van der Waals surface area contributed by atoms with E-state index < -0.39 is 0 Å². The van der Waals surface area contributed by atoms with Crippen LogP contribution in [-0.2, 0) is 4.79 Å². The molecule has 0 aliphatic rings. The minimum absolute atomic E-state index is 0.0531. The van der Waals surface area contributed by atoms with Crippen molar-refractivity contribution >= 4 is 28.8 Å². The van der Waals surface area contributed by atoms with Crippen molar-refractivity contribution in [1.29, 1.82) is 0 Å². The van der Waals surface area contributed by atoms with E-state index in [0.717, 1.165) is 22.4 Å². The Hall–Kier alpha value is -2.40. The van der Waals surface area contributed by atoms with E-state index in [1.807, 2.05) is 32.9 Å². The Bertz CT molecular complexity index is 757. The average Bonchev–Trinajstić information content (AvgIpc) is 2.51. The van der Waals surface area contributed by atoms with E-state index in [2.05, 4.69) is 5.32 Å². The van der Waals surface area contributed by atoms with Crippen molar-refractivity contribution in [2.24, 2.45) is 5.73 Å². The molecule has 0 saturated heterocycles. The maximum atomic E-state index is 12.1. The zero-order valence-corrected chi connectivity index (χ0v) is 14.3. The summed E-state index contributed by atoms with van der Waals surface area (Å²) in [7, 11) is 0. The van der Waals surface area contributed by atoms with Gasteiger partial charge in [0.1, 0.15) is 10.7 Å². The lowest BCUT2D eigenvalue weighted by Gasteiger charge is -2.14. The van der Waals surface area contributed by atoms with Crippen LogP contribution in [0.5, 0.6) is 5.75 Å². The molecular formula is C18H20N2O2S. The second kappa shape index (κ2) is 7.24. The van der Waals surface area contributed by atoms with Crippen LogP contribution in [0.2, 0.25) is 0 Å². The SMILES string of the molecule is Cc1ccc(C)c(OCC(=O)Nc2cccc(C(N)=S)c2)c1C. The highest BCUT2D eigenvalue weighted by Crippen LogP contribution is 2.25. The monoisotopic (exact) mass is 328 g/mol. The number of amides is 1. The van der Waals surface area contributed by atoms with Gasteiger partial charge in [-0.05, 0) is 49.6 Å². The van der Waals surface area contributed by atoms with Gasteiger partial charge in [0.2, 0.25) is 0 Å². The molecule has 0 bridgehead atoms. The van der Waals surface area contributed by atoms with Crippen LogP contribution in [0.3, 0.4) is 0 Å². The lowest BCUT2D eigenvalue weighted by Crippen LogP contribution is -2.21. The van der Waals surface area contributed by atoms with Crippen molar-refractivity contribution in [2.75, 3.05) is 11.9 Å². The van der Waals surface area contributed by atoms with Gasteiger partial charge in [-0.3, -0.25) is 4.79 Å². The summed E-state index contributed by atoms with van der Waals surface area (Å²) in [6.07, 6.45) is 0. The highest BCUT2D eigenvalue weighted by Gasteiger charge is 2.10. The van der Waals surface area contributed by atoms with Crippen LogP contribution in [0.4, 0.5) is 5.69 Å². The smallest absolute Gasteiger partial charge is 0.262 e. The number of thiocarbonyl (C=S) groups is 1. The molecule has 1 amide bonds. The van der Waals surface area contributed by atoms with Crippen LogP contribution in [0.1, 0.15) is 22.3 Å². The number of rotatable bonds is 5. The maximum absolute atomic E-state index is 12.1. The van der Waals surface area contributed by atoms with Gasteiger partial charge in [-0.1, -0.05) is 36.5 Å². The van der Waals surface area contributed by atoms with Crippen molar-refractivity contribution in [3.8, 4) is 5.75 Å². The quantitative estimate of drug-likeness (QED) is 0.827.